The van der Waals surface area contributed by atoms with Gasteiger partial charge in [-0.25, -0.2) is 10.8 Å². The lowest BCUT2D eigenvalue weighted by molar-refractivity contribution is 0.102. The van der Waals surface area contributed by atoms with Gasteiger partial charge in [-0.1, -0.05) is 6.07 Å². The lowest BCUT2D eigenvalue weighted by Crippen LogP contribution is -2.16. The molecule has 0 radical (unpaired) electrons. The smallest absolute Gasteiger partial charge is 0.275 e. The molecule has 2 aromatic rings. The number of hydrogen-bond donors (Lipinski definition) is 3. The first-order valence-electron chi connectivity index (χ1n) is 4.94. The molecule has 7 nitrogen and oxygen atoms in total. The van der Waals surface area contributed by atoms with Gasteiger partial charge < -0.3 is 10.7 Å². The Morgan fingerprint density at radius 1 is 1.35 bits per heavy atom. The van der Waals surface area contributed by atoms with Crippen LogP contribution in [0.4, 0.5) is 11.6 Å². The highest BCUT2D eigenvalue weighted by Crippen LogP contribution is 2.07. The minimum Gasteiger partial charge on any atom is -0.308 e. The van der Waals surface area contributed by atoms with Crippen molar-refractivity contribution in [3.8, 4) is 0 Å². The summed E-state index contributed by atoms with van der Waals surface area (Å²) in [6, 6.07) is 6.65. The number of hydrazine groups is 1. The fourth-order valence-electron chi connectivity index (χ4n) is 1.30. The summed E-state index contributed by atoms with van der Waals surface area (Å²) in [5.41, 5.74) is 2.65. The van der Waals surface area contributed by atoms with Gasteiger partial charge >= 0.3 is 0 Å². The highest BCUT2D eigenvalue weighted by atomic mass is 16.2. The van der Waals surface area contributed by atoms with Crippen LogP contribution in [0.5, 0.6) is 0 Å². The zero-order valence-corrected chi connectivity index (χ0v) is 9.21. The molecule has 0 unspecified atom stereocenters. The third kappa shape index (κ3) is 2.58. The van der Waals surface area contributed by atoms with Crippen molar-refractivity contribution < 1.29 is 4.79 Å². The van der Waals surface area contributed by atoms with Gasteiger partial charge in [0.2, 0.25) is 0 Å². The second-order valence-corrected chi connectivity index (χ2v) is 3.38. The second kappa shape index (κ2) is 4.62. The zero-order valence-electron chi connectivity index (χ0n) is 9.21. The number of hydrogen-bond acceptors (Lipinski definition) is 5. The molecule has 0 aliphatic heterocycles. The van der Waals surface area contributed by atoms with Crippen molar-refractivity contribution in [1.29, 1.82) is 0 Å². The van der Waals surface area contributed by atoms with Gasteiger partial charge in [0, 0.05) is 19.3 Å². The molecular formula is C10H12N6O. The SMILES string of the molecule is Cn1ccc(NC(=O)c2cccc(NN)n2)n1. The van der Waals surface area contributed by atoms with Crippen molar-refractivity contribution in [3.63, 3.8) is 0 Å². The van der Waals surface area contributed by atoms with Gasteiger partial charge in [0.05, 0.1) is 0 Å². The average molecular weight is 232 g/mol. The quantitative estimate of drug-likeness (QED) is 0.524. The Bertz CT molecular complexity index is 535. The van der Waals surface area contributed by atoms with Crippen LogP contribution in [0.2, 0.25) is 0 Å². The number of nitrogens with zero attached hydrogens (tertiary/aromatic N) is 3. The Hall–Kier alpha value is -2.41. The number of nitrogen functional groups attached to an aromatic ring is 1. The molecule has 7 heteroatoms. The van der Waals surface area contributed by atoms with Gasteiger partial charge in [-0.05, 0) is 12.1 Å². The molecule has 0 aliphatic rings. The normalized spacial score (nSPS) is 10.0. The number of rotatable bonds is 3. The van der Waals surface area contributed by atoms with Gasteiger partial charge in [-0.15, -0.1) is 0 Å². The summed E-state index contributed by atoms with van der Waals surface area (Å²) in [7, 11) is 1.77. The largest absolute Gasteiger partial charge is 0.308 e. The number of anilines is 2. The van der Waals surface area contributed by atoms with Crippen LogP contribution in [-0.2, 0) is 7.05 Å². The van der Waals surface area contributed by atoms with Crippen LogP contribution in [0.3, 0.4) is 0 Å². The molecule has 0 saturated heterocycles. The van der Waals surface area contributed by atoms with E-state index in [0.29, 0.717) is 11.6 Å². The molecule has 1 amide bonds. The van der Waals surface area contributed by atoms with E-state index >= 15 is 0 Å². The third-order valence-corrected chi connectivity index (χ3v) is 2.08. The maximum absolute atomic E-state index is 11.8. The summed E-state index contributed by atoms with van der Waals surface area (Å²) in [5, 5.41) is 6.66. The molecule has 2 heterocycles. The number of nitrogens with one attached hydrogen (secondary N) is 2. The molecule has 0 aromatic carbocycles. The summed E-state index contributed by atoms with van der Waals surface area (Å²) in [6.45, 7) is 0. The van der Waals surface area contributed by atoms with Gasteiger partial charge in [0.15, 0.2) is 5.82 Å². The van der Waals surface area contributed by atoms with E-state index in [2.05, 4.69) is 20.8 Å². The minimum absolute atomic E-state index is 0.270. The van der Waals surface area contributed by atoms with Crippen LogP contribution in [0.1, 0.15) is 10.5 Å². The van der Waals surface area contributed by atoms with Crippen LogP contribution >= 0.6 is 0 Å². The maximum atomic E-state index is 11.8. The maximum Gasteiger partial charge on any atom is 0.275 e. The predicted molar refractivity (Wildman–Crippen MR) is 63.2 cm³/mol. The molecule has 88 valence electrons. The van der Waals surface area contributed by atoms with Crippen molar-refractivity contribution in [1.82, 2.24) is 14.8 Å². The van der Waals surface area contributed by atoms with Crippen LogP contribution < -0.4 is 16.6 Å². The number of amides is 1. The average Bonchev–Trinajstić information content (AvgIpc) is 2.75. The van der Waals surface area contributed by atoms with E-state index in [1.54, 1.807) is 42.2 Å². The van der Waals surface area contributed by atoms with Crippen LogP contribution in [0.25, 0.3) is 0 Å². The summed E-state index contributed by atoms with van der Waals surface area (Å²) < 4.78 is 1.60. The Morgan fingerprint density at radius 3 is 2.82 bits per heavy atom. The van der Waals surface area contributed by atoms with Crippen LogP contribution in [0.15, 0.2) is 30.5 Å². The van der Waals surface area contributed by atoms with Crippen molar-refractivity contribution in [3.05, 3.63) is 36.2 Å². The van der Waals surface area contributed by atoms with E-state index in [0.717, 1.165) is 0 Å². The molecule has 0 fully saturated rings. The zero-order chi connectivity index (χ0) is 12.3. The highest BCUT2D eigenvalue weighted by Gasteiger charge is 2.09. The molecule has 0 spiro atoms. The van der Waals surface area contributed by atoms with Gasteiger partial charge in [-0.2, -0.15) is 5.10 Å². The van der Waals surface area contributed by atoms with E-state index in [4.69, 9.17) is 5.84 Å². The summed E-state index contributed by atoms with van der Waals surface area (Å²) in [4.78, 5) is 15.8. The molecule has 2 aromatic heterocycles. The fourth-order valence-corrected chi connectivity index (χ4v) is 1.30. The molecule has 0 bridgehead atoms. The first kappa shape index (κ1) is 11.1. The van der Waals surface area contributed by atoms with Gasteiger partial charge in [0.25, 0.3) is 5.91 Å². The van der Waals surface area contributed by atoms with Gasteiger partial charge in [-0.3, -0.25) is 9.48 Å². The summed E-state index contributed by atoms with van der Waals surface area (Å²) in [6.07, 6.45) is 1.74. The lowest BCUT2D eigenvalue weighted by atomic mass is 10.3. The first-order chi connectivity index (χ1) is 8.19. The standard InChI is InChI=1S/C10H12N6O/c1-16-6-5-9(15-16)13-10(17)7-3-2-4-8(12-7)14-11/h2-6H,11H2,1H3,(H,12,14)(H,13,15,17). The Balaban J connectivity index is 2.14. The third-order valence-electron chi connectivity index (χ3n) is 2.08. The highest BCUT2D eigenvalue weighted by molar-refractivity contribution is 6.02. The molecule has 17 heavy (non-hydrogen) atoms. The van der Waals surface area contributed by atoms with Crippen molar-refractivity contribution >= 4 is 17.5 Å². The van der Waals surface area contributed by atoms with Crippen LogP contribution in [-0.4, -0.2) is 20.7 Å². The minimum atomic E-state index is -0.333. The van der Waals surface area contributed by atoms with E-state index in [1.165, 1.54) is 0 Å². The summed E-state index contributed by atoms with van der Waals surface area (Å²) >= 11 is 0. The van der Waals surface area contributed by atoms with Crippen molar-refractivity contribution in [2.24, 2.45) is 12.9 Å². The van der Waals surface area contributed by atoms with E-state index in [9.17, 15) is 4.79 Å². The number of aryl methyl sites for hydroxylation is 1. The molecule has 0 atom stereocenters. The Labute approximate surface area is 97.6 Å². The number of carbonyl (C=O) groups is 1. The van der Waals surface area contributed by atoms with Crippen molar-refractivity contribution in [2.75, 3.05) is 10.7 Å². The second-order valence-electron chi connectivity index (χ2n) is 3.38. The van der Waals surface area contributed by atoms with Crippen molar-refractivity contribution in [2.45, 2.75) is 0 Å². The van der Waals surface area contributed by atoms with Gasteiger partial charge in [0.1, 0.15) is 11.5 Å². The Morgan fingerprint density at radius 2 is 2.18 bits per heavy atom. The predicted octanol–water partition coefficient (Wildman–Crippen LogP) is 0.353. The number of pyridine rings is 1. The number of aromatic nitrogens is 3. The van der Waals surface area contributed by atoms with E-state index < -0.39 is 0 Å². The van der Waals surface area contributed by atoms with E-state index in [-0.39, 0.29) is 11.6 Å². The monoisotopic (exact) mass is 232 g/mol. The number of nitrogens with two attached hydrogens (primary N) is 1. The molecule has 2 rings (SSSR count). The molecular weight excluding hydrogens is 220 g/mol. The fraction of sp³-hybridized carbons (Fsp3) is 0.100. The number of carbonyl (C=O) groups excluding carboxylic acids is 1. The molecule has 4 N–H and O–H groups in total. The lowest BCUT2D eigenvalue weighted by Gasteiger charge is -2.03. The first-order valence-corrected chi connectivity index (χ1v) is 4.94. The molecule has 0 saturated carbocycles. The topological polar surface area (TPSA) is 97.9 Å². The molecule has 0 aliphatic carbocycles. The van der Waals surface area contributed by atoms with E-state index in [1.807, 2.05) is 0 Å². The van der Waals surface area contributed by atoms with Crippen LogP contribution in [0, 0.1) is 0 Å². The Kier molecular flexibility index (Phi) is 3.01. The summed E-state index contributed by atoms with van der Waals surface area (Å²) in [5.74, 6) is 5.79.